The number of piperazine rings is 1. The second-order valence-corrected chi connectivity index (χ2v) is 9.10. The quantitative estimate of drug-likeness (QED) is 0.505. The summed E-state index contributed by atoms with van der Waals surface area (Å²) in [6, 6.07) is 6.68. The molecule has 0 spiro atoms. The number of hydrogen-bond donors (Lipinski definition) is 2. The SMILES string of the molecule is O=C(NCc1ccc2c(c1)OCO2)C1CN(c2cc(-c3ncc[nH]3)ncn2)CCN1C(=O)C1CCCO1. The van der Waals surface area contributed by atoms with E-state index in [0.717, 1.165) is 12.0 Å². The van der Waals surface area contributed by atoms with Gasteiger partial charge in [0, 0.05) is 51.2 Å². The minimum absolute atomic E-state index is 0.139. The molecule has 2 unspecified atom stereocenters. The van der Waals surface area contributed by atoms with Gasteiger partial charge >= 0.3 is 0 Å². The van der Waals surface area contributed by atoms with Crippen molar-refractivity contribution in [2.45, 2.75) is 31.5 Å². The maximum atomic E-state index is 13.5. The molecule has 3 aliphatic heterocycles. The van der Waals surface area contributed by atoms with Crippen molar-refractivity contribution in [3.05, 3.63) is 48.5 Å². The zero-order valence-corrected chi connectivity index (χ0v) is 20.1. The van der Waals surface area contributed by atoms with E-state index in [1.807, 2.05) is 29.2 Å². The van der Waals surface area contributed by atoms with Crippen molar-refractivity contribution in [2.75, 3.05) is 37.9 Å². The first-order chi connectivity index (χ1) is 18.2. The van der Waals surface area contributed by atoms with Crippen LogP contribution in [-0.4, -0.2) is 81.8 Å². The molecule has 2 fully saturated rings. The summed E-state index contributed by atoms with van der Waals surface area (Å²) >= 11 is 0. The average molecular weight is 506 g/mol. The summed E-state index contributed by atoms with van der Waals surface area (Å²) in [5, 5.41) is 3.00. The largest absolute Gasteiger partial charge is 0.454 e. The van der Waals surface area contributed by atoms with E-state index in [1.54, 1.807) is 17.3 Å². The molecule has 12 nitrogen and oxygen atoms in total. The van der Waals surface area contributed by atoms with E-state index in [1.165, 1.54) is 6.33 Å². The minimum Gasteiger partial charge on any atom is -0.454 e. The number of hydrogen-bond acceptors (Lipinski definition) is 9. The number of fused-ring (bicyclic) bond motifs is 1. The van der Waals surface area contributed by atoms with Crippen molar-refractivity contribution >= 4 is 17.6 Å². The molecule has 6 rings (SSSR count). The number of imidazole rings is 1. The molecule has 2 N–H and O–H groups in total. The Kier molecular flexibility index (Phi) is 6.31. The van der Waals surface area contributed by atoms with Crippen LogP contribution in [0.15, 0.2) is 43.0 Å². The fourth-order valence-corrected chi connectivity index (χ4v) is 4.85. The summed E-state index contributed by atoms with van der Waals surface area (Å²) in [5.74, 6) is 2.26. The van der Waals surface area contributed by atoms with Crippen LogP contribution in [-0.2, 0) is 20.9 Å². The van der Waals surface area contributed by atoms with Gasteiger partial charge in [0.2, 0.25) is 12.7 Å². The van der Waals surface area contributed by atoms with Gasteiger partial charge in [-0.05, 0) is 30.5 Å². The highest BCUT2D eigenvalue weighted by Crippen LogP contribution is 2.32. The third kappa shape index (κ3) is 4.79. The van der Waals surface area contributed by atoms with E-state index in [-0.39, 0.29) is 18.6 Å². The van der Waals surface area contributed by atoms with Crippen molar-refractivity contribution in [1.82, 2.24) is 30.2 Å². The van der Waals surface area contributed by atoms with Crippen LogP contribution < -0.4 is 19.7 Å². The maximum Gasteiger partial charge on any atom is 0.252 e. The van der Waals surface area contributed by atoms with Crippen LogP contribution >= 0.6 is 0 Å². The number of amides is 2. The molecule has 2 amide bonds. The van der Waals surface area contributed by atoms with E-state index < -0.39 is 12.1 Å². The van der Waals surface area contributed by atoms with Crippen LogP contribution in [0, 0.1) is 0 Å². The number of nitrogens with zero attached hydrogens (tertiary/aromatic N) is 5. The number of benzene rings is 1. The molecule has 3 aromatic rings. The Balaban J connectivity index is 1.20. The lowest BCUT2D eigenvalue weighted by atomic mass is 10.1. The van der Waals surface area contributed by atoms with Gasteiger partial charge in [0.15, 0.2) is 17.3 Å². The van der Waals surface area contributed by atoms with Crippen LogP contribution in [0.25, 0.3) is 11.5 Å². The van der Waals surface area contributed by atoms with Gasteiger partial charge in [-0.1, -0.05) is 6.07 Å². The van der Waals surface area contributed by atoms with Crippen LogP contribution in [0.2, 0.25) is 0 Å². The summed E-state index contributed by atoms with van der Waals surface area (Å²) < 4.78 is 16.4. The first kappa shape index (κ1) is 23.2. The van der Waals surface area contributed by atoms with Gasteiger partial charge in [0.05, 0.1) is 0 Å². The van der Waals surface area contributed by atoms with Crippen LogP contribution in [0.3, 0.4) is 0 Å². The van der Waals surface area contributed by atoms with Crippen LogP contribution in [0.5, 0.6) is 11.5 Å². The predicted octanol–water partition coefficient (Wildman–Crippen LogP) is 1.11. The highest BCUT2D eigenvalue weighted by molar-refractivity contribution is 5.90. The molecule has 192 valence electrons. The number of ether oxygens (including phenoxy) is 3. The van der Waals surface area contributed by atoms with Crippen molar-refractivity contribution < 1.29 is 23.8 Å². The summed E-state index contributed by atoms with van der Waals surface area (Å²) in [6.07, 6.45) is 5.88. The Morgan fingerprint density at radius 2 is 2.03 bits per heavy atom. The number of rotatable bonds is 6. The van der Waals surface area contributed by atoms with Crippen molar-refractivity contribution in [1.29, 1.82) is 0 Å². The lowest BCUT2D eigenvalue weighted by molar-refractivity contribution is -0.148. The Bertz CT molecular complexity index is 1280. The van der Waals surface area contributed by atoms with Gasteiger partial charge in [0.1, 0.15) is 30.0 Å². The Morgan fingerprint density at radius 3 is 2.86 bits per heavy atom. The molecule has 2 aromatic heterocycles. The van der Waals surface area contributed by atoms with Crippen molar-refractivity contribution in [3.8, 4) is 23.0 Å². The topological polar surface area (TPSA) is 135 Å². The third-order valence-electron chi connectivity index (χ3n) is 6.79. The normalized spacial score (nSPS) is 20.8. The van der Waals surface area contributed by atoms with E-state index >= 15 is 0 Å². The molecule has 37 heavy (non-hydrogen) atoms. The van der Waals surface area contributed by atoms with Gasteiger partial charge in [-0.25, -0.2) is 15.0 Å². The number of anilines is 1. The van der Waals surface area contributed by atoms with E-state index in [4.69, 9.17) is 14.2 Å². The second-order valence-electron chi connectivity index (χ2n) is 9.10. The molecule has 3 aliphatic rings. The third-order valence-corrected chi connectivity index (χ3v) is 6.79. The fourth-order valence-electron chi connectivity index (χ4n) is 4.85. The number of aromatic amines is 1. The number of aromatic nitrogens is 4. The summed E-state index contributed by atoms with van der Waals surface area (Å²) in [4.78, 5) is 46.5. The zero-order chi connectivity index (χ0) is 25.2. The first-order valence-electron chi connectivity index (χ1n) is 12.3. The van der Waals surface area contributed by atoms with Crippen molar-refractivity contribution in [2.24, 2.45) is 0 Å². The monoisotopic (exact) mass is 505 g/mol. The van der Waals surface area contributed by atoms with Gasteiger partial charge in [0.25, 0.3) is 5.91 Å². The lowest BCUT2D eigenvalue weighted by Crippen LogP contribution is -2.62. The number of nitrogens with one attached hydrogen (secondary N) is 2. The highest BCUT2D eigenvalue weighted by atomic mass is 16.7. The van der Waals surface area contributed by atoms with E-state index in [9.17, 15) is 9.59 Å². The molecule has 2 atom stereocenters. The Morgan fingerprint density at radius 1 is 1.11 bits per heavy atom. The van der Waals surface area contributed by atoms with Crippen molar-refractivity contribution in [3.63, 3.8) is 0 Å². The van der Waals surface area contributed by atoms with Gasteiger partial charge in [-0.15, -0.1) is 0 Å². The number of carbonyl (C=O) groups is 2. The summed E-state index contributed by atoms with van der Waals surface area (Å²) in [6.45, 7) is 2.24. The molecule has 5 heterocycles. The lowest BCUT2D eigenvalue weighted by Gasteiger charge is -2.41. The molecule has 0 aliphatic carbocycles. The Labute approximate surface area is 213 Å². The second kappa shape index (κ2) is 10.1. The predicted molar refractivity (Wildman–Crippen MR) is 131 cm³/mol. The zero-order valence-electron chi connectivity index (χ0n) is 20.1. The molecule has 2 saturated heterocycles. The molecule has 12 heteroatoms. The van der Waals surface area contributed by atoms with Crippen LogP contribution in [0.4, 0.5) is 5.82 Å². The summed E-state index contributed by atoms with van der Waals surface area (Å²) in [7, 11) is 0. The smallest absolute Gasteiger partial charge is 0.252 e. The highest BCUT2D eigenvalue weighted by Gasteiger charge is 2.39. The molecular weight excluding hydrogens is 478 g/mol. The minimum atomic E-state index is -0.707. The maximum absolute atomic E-state index is 13.5. The molecule has 0 radical (unpaired) electrons. The fraction of sp³-hybridized carbons (Fsp3) is 0.400. The molecular formula is C25H27N7O5. The summed E-state index contributed by atoms with van der Waals surface area (Å²) in [5.41, 5.74) is 1.53. The Hall–Kier alpha value is -4.19. The number of carbonyl (C=O) groups excluding carboxylic acids is 2. The first-order valence-corrected chi connectivity index (χ1v) is 12.3. The standard InChI is InChI=1S/C25H27N7O5/c33-24(28-12-16-3-4-19-21(10-16)37-15-36-19)18-13-31(7-8-32(18)25(34)20-2-1-9-35-20)22-11-17(29-14-30-22)23-26-5-6-27-23/h3-6,10-11,14,18,20H,1-2,7-9,12-13,15H2,(H,26,27)(H,28,33). The van der Waals surface area contributed by atoms with Gasteiger partial charge < -0.3 is 34.3 Å². The van der Waals surface area contributed by atoms with Crippen LogP contribution in [0.1, 0.15) is 18.4 Å². The van der Waals surface area contributed by atoms with Gasteiger partial charge in [-0.2, -0.15) is 0 Å². The molecule has 0 bridgehead atoms. The average Bonchev–Trinajstić information content (AvgIpc) is 3.74. The molecule has 1 aromatic carbocycles. The number of H-pyrrole nitrogens is 1. The van der Waals surface area contributed by atoms with E-state index in [2.05, 4.69) is 25.3 Å². The van der Waals surface area contributed by atoms with E-state index in [0.29, 0.717) is 68.0 Å². The molecule has 0 saturated carbocycles. The van der Waals surface area contributed by atoms with Gasteiger partial charge in [-0.3, -0.25) is 9.59 Å².